The molecule has 2 saturated heterocycles. The molecule has 0 spiro atoms. The van der Waals surface area contributed by atoms with Gasteiger partial charge in [0, 0.05) is 25.7 Å². The van der Waals surface area contributed by atoms with E-state index in [0.717, 1.165) is 25.7 Å². The molecule has 0 aromatic carbocycles. The van der Waals surface area contributed by atoms with Gasteiger partial charge in [0.2, 0.25) is 0 Å². The summed E-state index contributed by atoms with van der Waals surface area (Å²) in [7, 11) is 6.61. The topological polar surface area (TPSA) is 39.2 Å². The van der Waals surface area contributed by atoms with Gasteiger partial charge in [0.25, 0.3) is 0 Å². The number of aliphatic hydroxyl groups excluding tert-OH is 1. The summed E-state index contributed by atoms with van der Waals surface area (Å²) in [6.45, 7) is 7.19. The van der Waals surface area contributed by atoms with Gasteiger partial charge in [-0.2, -0.15) is 0 Å². The Balaban J connectivity index is 1.66. The smallest absolute Gasteiger partial charge is 0.0579 e. The van der Waals surface area contributed by atoms with Crippen molar-refractivity contribution in [3.8, 4) is 0 Å². The Hall–Kier alpha value is -0.200. The minimum Gasteiger partial charge on any atom is -0.396 e. The van der Waals surface area contributed by atoms with Crippen molar-refractivity contribution in [1.82, 2.24) is 14.7 Å². The van der Waals surface area contributed by atoms with Crippen molar-refractivity contribution in [2.24, 2.45) is 5.41 Å². The molecule has 1 N–H and O–H groups in total. The highest BCUT2D eigenvalue weighted by atomic mass is 16.5. The predicted molar refractivity (Wildman–Crippen MR) is 81.0 cm³/mol. The number of aliphatic hydroxyl groups is 1. The number of hydrogen-bond donors (Lipinski definition) is 1. The van der Waals surface area contributed by atoms with Crippen molar-refractivity contribution in [3.05, 3.63) is 0 Å². The summed E-state index contributed by atoms with van der Waals surface area (Å²) >= 11 is 0. The van der Waals surface area contributed by atoms with Crippen LogP contribution < -0.4 is 0 Å². The molecule has 118 valence electrons. The highest BCUT2D eigenvalue weighted by Crippen LogP contribution is 2.27. The van der Waals surface area contributed by atoms with Gasteiger partial charge >= 0.3 is 0 Å². The number of nitrogens with zero attached hydrogens (tertiary/aromatic N) is 3. The number of likely N-dealkylation sites (tertiary alicyclic amines) is 1. The standard InChI is InChI=1S/C15H31N3O2/c1-16-6-4-14(5-7-16)18(3)9-8-17(2)10-15(11-19)12-20-13-15/h14,19H,4-13H2,1-3H3. The zero-order valence-electron chi connectivity index (χ0n) is 13.3. The van der Waals surface area contributed by atoms with Gasteiger partial charge in [-0.3, -0.25) is 0 Å². The van der Waals surface area contributed by atoms with Crippen LogP contribution in [0.2, 0.25) is 0 Å². The first-order valence-corrected chi connectivity index (χ1v) is 7.81. The molecular weight excluding hydrogens is 254 g/mol. The maximum atomic E-state index is 9.47. The third kappa shape index (κ3) is 4.15. The highest BCUT2D eigenvalue weighted by molar-refractivity contribution is 4.87. The summed E-state index contributed by atoms with van der Waals surface area (Å²) in [5.41, 5.74) is 0.000865. The molecule has 0 aromatic heterocycles. The van der Waals surface area contributed by atoms with Gasteiger partial charge in [0.05, 0.1) is 25.2 Å². The second-order valence-electron chi connectivity index (χ2n) is 6.90. The van der Waals surface area contributed by atoms with Crippen LogP contribution >= 0.6 is 0 Å². The van der Waals surface area contributed by atoms with E-state index >= 15 is 0 Å². The normalized spacial score (nSPS) is 24.3. The number of piperidine rings is 1. The first-order chi connectivity index (χ1) is 9.54. The van der Waals surface area contributed by atoms with Crippen LogP contribution in [0.4, 0.5) is 0 Å². The Morgan fingerprint density at radius 2 is 1.85 bits per heavy atom. The lowest BCUT2D eigenvalue weighted by Gasteiger charge is -2.43. The first kappa shape index (κ1) is 16.2. The van der Waals surface area contributed by atoms with Crippen molar-refractivity contribution in [1.29, 1.82) is 0 Å². The predicted octanol–water partition coefficient (Wildman–Crippen LogP) is -0.0469. The molecule has 0 amide bonds. The lowest BCUT2D eigenvalue weighted by Crippen LogP contribution is -2.53. The Bertz CT molecular complexity index is 283. The summed E-state index contributed by atoms with van der Waals surface area (Å²) in [5, 5.41) is 9.47. The Kier molecular flexibility index (Phi) is 5.81. The summed E-state index contributed by atoms with van der Waals surface area (Å²) in [4.78, 5) is 7.26. The van der Waals surface area contributed by atoms with E-state index in [1.807, 2.05) is 0 Å². The van der Waals surface area contributed by atoms with Crippen molar-refractivity contribution >= 4 is 0 Å². The molecule has 0 atom stereocenters. The van der Waals surface area contributed by atoms with Crippen LogP contribution in [-0.2, 0) is 4.74 Å². The second-order valence-corrected chi connectivity index (χ2v) is 6.90. The van der Waals surface area contributed by atoms with Gasteiger partial charge in [-0.15, -0.1) is 0 Å². The molecule has 5 heteroatoms. The lowest BCUT2D eigenvalue weighted by molar-refractivity contribution is -0.146. The van der Waals surface area contributed by atoms with Crippen LogP contribution in [0.25, 0.3) is 0 Å². The van der Waals surface area contributed by atoms with Crippen molar-refractivity contribution in [3.63, 3.8) is 0 Å². The van der Waals surface area contributed by atoms with Gasteiger partial charge < -0.3 is 24.5 Å². The van der Waals surface area contributed by atoms with E-state index in [-0.39, 0.29) is 12.0 Å². The van der Waals surface area contributed by atoms with Crippen molar-refractivity contribution < 1.29 is 9.84 Å². The average molecular weight is 285 g/mol. The van der Waals surface area contributed by atoms with Crippen molar-refractivity contribution in [2.75, 3.05) is 73.7 Å². The minimum absolute atomic E-state index is 0.000865. The lowest BCUT2D eigenvalue weighted by atomic mass is 9.86. The SMILES string of the molecule is CN1CCC(N(C)CCN(C)CC2(CO)COC2)CC1. The van der Waals surface area contributed by atoms with Gasteiger partial charge in [0.15, 0.2) is 0 Å². The van der Waals surface area contributed by atoms with E-state index in [0.29, 0.717) is 13.2 Å². The first-order valence-electron chi connectivity index (χ1n) is 7.81. The Morgan fingerprint density at radius 3 is 2.35 bits per heavy atom. The summed E-state index contributed by atoms with van der Waals surface area (Å²) < 4.78 is 5.26. The van der Waals surface area contributed by atoms with E-state index in [1.54, 1.807) is 0 Å². The molecule has 0 bridgehead atoms. The molecule has 0 radical (unpaired) electrons. The van der Waals surface area contributed by atoms with E-state index in [2.05, 4.69) is 35.8 Å². The molecular formula is C15H31N3O2. The minimum atomic E-state index is 0.000865. The van der Waals surface area contributed by atoms with Gasteiger partial charge in [0.1, 0.15) is 0 Å². The van der Waals surface area contributed by atoms with Gasteiger partial charge in [-0.05, 0) is 47.1 Å². The molecule has 0 aliphatic carbocycles. The largest absolute Gasteiger partial charge is 0.396 e. The number of likely N-dealkylation sites (N-methyl/N-ethyl adjacent to an activating group) is 2. The molecule has 2 aliphatic rings. The fraction of sp³-hybridized carbons (Fsp3) is 1.00. The zero-order chi connectivity index (χ0) is 14.6. The second kappa shape index (κ2) is 7.18. The average Bonchev–Trinajstić information content (AvgIpc) is 2.41. The van der Waals surface area contributed by atoms with Crippen LogP contribution in [0.5, 0.6) is 0 Å². The number of rotatable bonds is 7. The fourth-order valence-electron chi connectivity index (χ4n) is 3.22. The van der Waals surface area contributed by atoms with Crippen LogP contribution in [-0.4, -0.2) is 99.5 Å². The van der Waals surface area contributed by atoms with Gasteiger partial charge in [-0.25, -0.2) is 0 Å². The van der Waals surface area contributed by atoms with Crippen molar-refractivity contribution in [2.45, 2.75) is 18.9 Å². The molecule has 2 fully saturated rings. The molecule has 2 rings (SSSR count). The van der Waals surface area contributed by atoms with Crippen LogP contribution in [0.15, 0.2) is 0 Å². The summed E-state index contributed by atoms with van der Waals surface area (Å²) in [6, 6.07) is 0.735. The molecule has 2 aliphatic heterocycles. The number of ether oxygens (including phenoxy) is 1. The van der Waals surface area contributed by atoms with Gasteiger partial charge in [-0.1, -0.05) is 0 Å². The molecule has 0 unspecified atom stereocenters. The van der Waals surface area contributed by atoms with Crippen LogP contribution in [0.1, 0.15) is 12.8 Å². The molecule has 0 aromatic rings. The molecule has 20 heavy (non-hydrogen) atoms. The zero-order valence-corrected chi connectivity index (χ0v) is 13.3. The quantitative estimate of drug-likeness (QED) is 0.710. The van der Waals surface area contributed by atoms with E-state index in [4.69, 9.17) is 4.74 Å². The molecule has 0 saturated carbocycles. The monoisotopic (exact) mass is 285 g/mol. The summed E-state index contributed by atoms with van der Waals surface area (Å²) in [5.74, 6) is 0. The van der Waals surface area contributed by atoms with E-state index < -0.39 is 0 Å². The van der Waals surface area contributed by atoms with E-state index in [9.17, 15) is 5.11 Å². The van der Waals surface area contributed by atoms with Crippen LogP contribution in [0, 0.1) is 5.41 Å². The highest BCUT2D eigenvalue weighted by Gasteiger charge is 2.38. The Labute approximate surface area is 123 Å². The summed E-state index contributed by atoms with van der Waals surface area (Å²) in [6.07, 6.45) is 2.57. The Morgan fingerprint density at radius 1 is 1.20 bits per heavy atom. The van der Waals surface area contributed by atoms with E-state index in [1.165, 1.54) is 25.9 Å². The third-order valence-corrected chi connectivity index (χ3v) is 4.90. The van der Waals surface area contributed by atoms with Crippen LogP contribution in [0.3, 0.4) is 0 Å². The molecule has 5 nitrogen and oxygen atoms in total. The molecule has 2 heterocycles. The maximum absolute atomic E-state index is 9.47. The fourth-order valence-corrected chi connectivity index (χ4v) is 3.22. The third-order valence-electron chi connectivity index (χ3n) is 4.90. The number of hydrogen-bond acceptors (Lipinski definition) is 5. The maximum Gasteiger partial charge on any atom is 0.0579 e.